The number of nitrogens with one attached hydrogen (secondary N) is 2. The minimum atomic E-state index is -4.62. The number of halogens is 4. The normalized spacial score (nSPS) is 17.8. The van der Waals surface area contributed by atoms with Gasteiger partial charge < -0.3 is 30.2 Å². The fraction of sp³-hybridized carbons (Fsp3) is 0.342. The number of alkyl halides is 3. The lowest BCUT2D eigenvalue weighted by atomic mass is 9.92. The third-order valence-corrected chi connectivity index (χ3v) is 9.24. The summed E-state index contributed by atoms with van der Waals surface area (Å²) >= 11 is 0. The number of carbonyl (C=O) groups excluding carboxylic acids is 2. The molecule has 53 heavy (non-hydrogen) atoms. The van der Waals surface area contributed by atoms with Gasteiger partial charge in [0.2, 0.25) is 11.8 Å². The highest BCUT2D eigenvalue weighted by molar-refractivity contribution is 5.90. The highest BCUT2D eigenvalue weighted by Gasteiger charge is 2.37. The number of nitrogens with zero attached hydrogens (tertiary/aromatic N) is 4. The molecular weight excluding hydrogens is 696 g/mol. The first-order chi connectivity index (χ1) is 25.4. The van der Waals surface area contributed by atoms with Crippen LogP contribution in [0.3, 0.4) is 0 Å². The number of aliphatic hydroxyl groups excluding tert-OH is 2. The Morgan fingerprint density at radius 3 is 2.64 bits per heavy atom. The van der Waals surface area contributed by atoms with Gasteiger partial charge in [0.1, 0.15) is 30.8 Å². The number of carbonyl (C=O) groups is 2. The zero-order chi connectivity index (χ0) is 37.5. The summed E-state index contributed by atoms with van der Waals surface area (Å²) in [5.74, 6) is -2.17. The van der Waals surface area contributed by atoms with Crippen molar-refractivity contribution in [2.24, 2.45) is 5.92 Å². The molecule has 0 radical (unpaired) electrons. The zero-order valence-corrected chi connectivity index (χ0v) is 28.7. The van der Waals surface area contributed by atoms with Crippen LogP contribution in [-0.4, -0.2) is 99.0 Å². The summed E-state index contributed by atoms with van der Waals surface area (Å²) in [6, 6.07) is 17.4. The summed E-state index contributed by atoms with van der Waals surface area (Å²) in [5, 5.41) is 26.9. The first-order valence-electron chi connectivity index (χ1n) is 17.2. The number of β-amino-alcohol motifs (C(OH)–C–C–N with tert-alkyl or cyclic N) is 1. The molecule has 0 unspecified atom stereocenters. The molecule has 0 aliphatic carbocycles. The molecule has 0 spiro atoms. The fourth-order valence-electron chi connectivity index (χ4n) is 6.68. The van der Waals surface area contributed by atoms with Gasteiger partial charge in [-0.25, -0.2) is 4.39 Å². The lowest BCUT2D eigenvalue weighted by Crippen LogP contribution is -2.60. The van der Waals surface area contributed by atoms with E-state index in [0.717, 1.165) is 11.1 Å². The molecule has 280 valence electrons. The number of hydrogen-bond donors (Lipinski definition) is 4. The monoisotopic (exact) mass is 736 g/mol. The van der Waals surface area contributed by atoms with Gasteiger partial charge in [-0.2, -0.15) is 13.2 Å². The number of pyridine rings is 1. The number of fused-ring (bicyclic) bond motifs is 1. The molecule has 2 aliphatic heterocycles. The van der Waals surface area contributed by atoms with E-state index in [4.69, 9.17) is 4.74 Å². The lowest BCUT2D eigenvalue weighted by molar-refractivity contribution is -0.143. The van der Waals surface area contributed by atoms with Gasteiger partial charge in [-0.05, 0) is 66.4 Å². The number of rotatable bonds is 13. The molecule has 6 rings (SSSR count). The maximum atomic E-state index is 13.8. The molecule has 4 aromatic rings. The third-order valence-electron chi connectivity index (χ3n) is 9.24. The number of aromatic nitrogens is 2. The molecule has 2 amide bonds. The first-order valence-corrected chi connectivity index (χ1v) is 17.2. The average Bonchev–Trinajstić information content (AvgIpc) is 3.61. The number of ether oxygens (including phenoxy) is 1. The van der Waals surface area contributed by atoms with Gasteiger partial charge in [0.05, 0.1) is 11.8 Å². The van der Waals surface area contributed by atoms with Crippen molar-refractivity contribution in [3.05, 3.63) is 120 Å². The van der Waals surface area contributed by atoms with Crippen LogP contribution in [0, 0.1) is 11.7 Å². The van der Waals surface area contributed by atoms with Crippen LogP contribution >= 0.6 is 0 Å². The Morgan fingerprint density at radius 1 is 1.04 bits per heavy atom. The number of amides is 2. The number of hydrogen-bond acceptors (Lipinski definition) is 8. The van der Waals surface area contributed by atoms with E-state index in [1.807, 2.05) is 22.5 Å². The molecule has 1 saturated heterocycles. The van der Waals surface area contributed by atoms with Crippen LogP contribution in [0.1, 0.15) is 23.1 Å². The molecule has 4 heterocycles. The predicted molar refractivity (Wildman–Crippen MR) is 187 cm³/mol. The summed E-state index contributed by atoms with van der Waals surface area (Å²) in [4.78, 5) is 34.8. The maximum Gasteiger partial charge on any atom is 0.405 e. The molecule has 0 bridgehead atoms. The van der Waals surface area contributed by atoms with Crippen molar-refractivity contribution in [1.82, 2.24) is 30.0 Å². The van der Waals surface area contributed by atoms with Crippen LogP contribution in [0.2, 0.25) is 0 Å². The summed E-state index contributed by atoms with van der Waals surface area (Å²) in [5.41, 5.74) is 2.92. The maximum absolute atomic E-state index is 13.8. The Hall–Kier alpha value is -5.25. The van der Waals surface area contributed by atoms with Crippen molar-refractivity contribution in [3.63, 3.8) is 0 Å². The van der Waals surface area contributed by atoms with Crippen molar-refractivity contribution in [2.75, 3.05) is 39.3 Å². The molecular formula is C38H40F4N6O5. The Labute approximate surface area is 303 Å². The number of piperazine rings is 1. The Kier molecular flexibility index (Phi) is 11.8. The molecule has 0 saturated carbocycles. The van der Waals surface area contributed by atoms with Crippen LogP contribution < -0.4 is 15.4 Å². The quantitative estimate of drug-likeness (QED) is 0.150. The van der Waals surface area contributed by atoms with E-state index in [9.17, 15) is 37.4 Å². The summed E-state index contributed by atoms with van der Waals surface area (Å²) in [7, 11) is 0. The highest BCUT2D eigenvalue weighted by atomic mass is 19.4. The van der Waals surface area contributed by atoms with Crippen LogP contribution in [0.5, 0.6) is 5.75 Å². The van der Waals surface area contributed by atoms with E-state index in [-0.39, 0.29) is 56.4 Å². The van der Waals surface area contributed by atoms with Crippen LogP contribution in [0.25, 0.3) is 11.4 Å². The van der Waals surface area contributed by atoms with Gasteiger partial charge in [0.25, 0.3) is 0 Å². The Morgan fingerprint density at radius 2 is 1.87 bits per heavy atom. The van der Waals surface area contributed by atoms with Crippen LogP contribution in [-0.2, 0) is 22.6 Å². The van der Waals surface area contributed by atoms with E-state index in [2.05, 4.69) is 10.3 Å². The Bertz CT molecular complexity index is 1920. The number of benzene rings is 2. The molecule has 2 aromatic heterocycles. The molecule has 1 fully saturated rings. The second-order valence-electron chi connectivity index (χ2n) is 13.2. The summed E-state index contributed by atoms with van der Waals surface area (Å²) < 4.78 is 60.5. The van der Waals surface area contributed by atoms with E-state index in [1.54, 1.807) is 76.6 Å². The molecule has 11 nitrogen and oxygen atoms in total. The molecule has 2 aliphatic rings. The minimum absolute atomic E-state index is 0.0579. The molecule has 4 N–H and O–H groups in total. The predicted octanol–water partition coefficient (Wildman–Crippen LogP) is 4.22. The smallest absolute Gasteiger partial charge is 0.405 e. The fourth-order valence-corrected chi connectivity index (χ4v) is 6.68. The van der Waals surface area contributed by atoms with Gasteiger partial charge in [-0.1, -0.05) is 24.3 Å². The van der Waals surface area contributed by atoms with Crippen LogP contribution in [0.4, 0.5) is 17.6 Å². The molecule has 15 heteroatoms. The van der Waals surface area contributed by atoms with E-state index in [1.165, 1.54) is 12.1 Å². The van der Waals surface area contributed by atoms with Crippen molar-refractivity contribution in [2.45, 2.75) is 37.7 Å². The van der Waals surface area contributed by atoms with Gasteiger partial charge in [0, 0.05) is 74.7 Å². The van der Waals surface area contributed by atoms with Crippen molar-refractivity contribution in [3.8, 4) is 11.4 Å². The second kappa shape index (κ2) is 16.6. The number of para-hydroxylation sites is 1. The Balaban J connectivity index is 1.15. The highest BCUT2D eigenvalue weighted by Crippen LogP contribution is 2.31. The molecule has 2 aromatic carbocycles. The van der Waals surface area contributed by atoms with Crippen molar-refractivity contribution >= 4 is 17.5 Å². The van der Waals surface area contributed by atoms with Crippen molar-refractivity contribution in [1.29, 1.82) is 0 Å². The van der Waals surface area contributed by atoms with Gasteiger partial charge in [-0.3, -0.25) is 24.4 Å². The summed E-state index contributed by atoms with van der Waals surface area (Å²) in [6.45, 7) is -0.569. The standard InChI is InChI=1S/C38H40F4N6O5/c39-28-6-3-7-29(17-28)47-12-10-26(20-47)19-46-13-14-48(32(22-46)37(52)44-24-38(40,41)42)21-30(49)16-27(15-25-5-4-11-43-18-25)36(51)45-35-31-8-1-2-9-34(31)53-23-33(35)50/h1-12,17-18,20,27,30,32,49-50H,13-16,19,21-24H2,(H,44,52)(H,45,51)/t27-,30+,32+/m1/s1. The molecule has 3 atom stereocenters. The first kappa shape index (κ1) is 37.5. The minimum Gasteiger partial charge on any atom is -0.507 e. The van der Waals surface area contributed by atoms with Gasteiger partial charge in [-0.15, -0.1) is 0 Å². The van der Waals surface area contributed by atoms with Gasteiger partial charge in [0.15, 0.2) is 5.76 Å². The van der Waals surface area contributed by atoms with Gasteiger partial charge >= 0.3 is 6.18 Å². The SMILES string of the molecule is O=C(NC1=C(O)COc2ccccc21)[C@H](Cc1cccnc1)C[C@H](O)CN1CCN(Cc2ccn(-c3cccc(F)c3)c2)C[C@H]1C(=O)NCC(F)(F)F. The average molecular weight is 737 g/mol. The summed E-state index contributed by atoms with van der Waals surface area (Å²) in [6.07, 6.45) is 1.18. The van der Waals surface area contributed by atoms with Crippen molar-refractivity contribution < 1.29 is 42.1 Å². The van der Waals surface area contributed by atoms with E-state index >= 15 is 0 Å². The van der Waals surface area contributed by atoms with E-state index < -0.39 is 42.6 Å². The largest absolute Gasteiger partial charge is 0.507 e. The number of aliphatic hydroxyl groups is 2. The third kappa shape index (κ3) is 10.0. The topological polar surface area (TPSA) is 132 Å². The zero-order valence-electron chi connectivity index (χ0n) is 28.7. The second-order valence-corrected chi connectivity index (χ2v) is 13.2. The van der Waals surface area contributed by atoms with E-state index in [0.29, 0.717) is 30.1 Å². The lowest BCUT2D eigenvalue weighted by Gasteiger charge is -2.41. The van der Waals surface area contributed by atoms with Crippen LogP contribution in [0.15, 0.2) is 97.3 Å².